The summed E-state index contributed by atoms with van der Waals surface area (Å²) in [6.45, 7) is 4.01. The van der Waals surface area contributed by atoms with Gasteiger partial charge in [0.25, 0.3) is 5.91 Å². The van der Waals surface area contributed by atoms with Crippen molar-refractivity contribution in [1.82, 2.24) is 10.9 Å². The van der Waals surface area contributed by atoms with Crippen molar-refractivity contribution in [1.29, 1.82) is 0 Å². The summed E-state index contributed by atoms with van der Waals surface area (Å²) < 4.78 is 0. The van der Waals surface area contributed by atoms with Crippen molar-refractivity contribution in [2.75, 3.05) is 0 Å². The predicted octanol–water partition coefficient (Wildman–Crippen LogP) is 2.08. The fourth-order valence-corrected chi connectivity index (χ4v) is 2.23. The molecule has 1 saturated heterocycles. The number of aliphatic imine (C=N–C) groups is 1. The Morgan fingerprint density at radius 3 is 3.06 bits per heavy atom. The van der Waals surface area contributed by atoms with E-state index in [1.54, 1.807) is 6.07 Å². The molecule has 1 unspecified atom stereocenters. The molecule has 2 rings (SSSR count). The molecule has 1 fully saturated rings. The number of hydrogen-bond donors (Lipinski definition) is 1. The first-order valence-corrected chi connectivity index (χ1v) is 6.39. The lowest BCUT2D eigenvalue weighted by atomic mass is 10.1. The topological polar surface area (TPSA) is 55.6 Å². The van der Waals surface area contributed by atoms with E-state index in [9.17, 15) is 4.79 Å². The van der Waals surface area contributed by atoms with Gasteiger partial charge in [-0.15, -0.1) is 0 Å². The number of nitrogens with zero attached hydrogens (tertiary/aromatic N) is 2. The monoisotopic (exact) mass is 248 g/mol. The highest BCUT2D eigenvalue weighted by Crippen LogP contribution is 2.18. The van der Waals surface area contributed by atoms with Gasteiger partial charge >= 0.3 is 0 Å². The zero-order chi connectivity index (χ0) is 12.3. The normalized spacial score (nSPS) is 21.5. The second kappa shape index (κ2) is 5.33. The first-order chi connectivity index (χ1) is 8.19. The minimum Gasteiger partial charge on any atom is -0.267 e. The number of amidine groups is 1. The molecule has 0 spiro atoms. The maximum Gasteiger partial charge on any atom is 0.279 e. The molecule has 1 atom stereocenters. The van der Waals surface area contributed by atoms with Crippen LogP contribution >= 0.6 is 11.8 Å². The molecule has 1 N–H and O–H groups in total. The SMILES string of the molecule is CCC1N[N]C(=NC(=O)c2cccc(C)c2)S1. The van der Waals surface area contributed by atoms with Crippen LogP contribution in [0.5, 0.6) is 0 Å². The van der Waals surface area contributed by atoms with E-state index in [2.05, 4.69) is 22.8 Å². The maximum atomic E-state index is 11.9. The molecule has 5 heteroatoms. The highest BCUT2D eigenvalue weighted by molar-refractivity contribution is 8.14. The Morgan fingerprint density at radius 1 is 1.59 bits per heavy atom. The summed E-state index contributed by atoms with van der Waals surface area (Å²) in [5.74, 6) is -0.237. The standard InChI is InChI=1S/C12H14N3OS/c1-3-10-14-15-12(17-10)13-11(16)9-6-4-5-8(2)7-9/h4-7,10,14H,3H2,1-2H3. The van der Waals surface area contributed by atoms with E-state index in [-0.39, 0.29) is 11.3 Å². The fraction of sp³-hybridized carbons (Fsp3) is 0.333. The van der Waals surface area contributed by atoms with Crippen molar-refractivity contribution >= 4 is 22.8 Å². The van der Waals surface area contributed by atoms with Crippen LogP contribution in [0.2, 0.25) is 0 Å². The number of hydrogen-bond acceptors (Lipinski definition) is 3. The van der Waals surface area contributed by atoms with Crippen LogP contribution < -0.4 is 10.9 Å². The number of amides is 1. The Balaban J connectivity index is 2.09. The molecule has 0 aromatic heterocycles. The predicted molar refractivity (Wildman–Crippen MR) is 69.9 cm³/mol. The summed E-state index contributed by atoms with van der Waals surface area (Å²) in [4.78, 5) is 15.9. The first kappa shape index (κ1) is 12.1. The molecule has 0 bridgehead atoms. The van der Waals surface area contributed by atoms with Crippen LogP contribution in [0.15, 0.2) is 29.3 Å². The van der Waals surface area contributed by atoms with Gasteiger partial charge in [-0.2, -0.15) is 15.8 Å². The fourth-order valence-electron chi connectivity index (χ4n) is 1.46. The van der Waals surface area contributed by atoms with Crippen molar-refractivity contribution in [2.24, 2.45) is 4.99 Å². The number of aryl methyl sites for hydroxylation is 1. The van der Waals surface area contributed by atoms with Gasteiger partial charge in [-0.3, -0.25) is 4.79 Å². The summed E-state index contributed by atoms with van der Waals surface area (Å²) in [7, 11) is 0. The zero-order valence-corrected chi connectivity index (χ0v) is 10.6. The van der Waals surface area contributed by atoms with Gasteiger partial charge in [-0.25, -0.2) is 0 Å². The van der Waals surface area contributed by atoms with Crippen LogP contribution in [0.1, 0.15) is 29.3 Å². The van der Waals surface area contributed by atoms with Gasteiger partial charge in [0.15, 0.2) is 0 Å². The van der Waals surface area contributed by atoms with E-state index in [1.807, 2.05) is 25.1 Å². The number of rotatable bonds is 2. The molecule has 0 aliphatic carbocycles. The molecular weight excluding hydrogens is 234 g/mol. The Kier molecular flexibility index (Phi) is 3.81. The quantitative estimate of drug-likeness (QED) is 0.871. The van der Waals surface area contributed by atoms with Crippen LogP contribution in [0.25, 0.3) is 0 Å². The Bertz CT molecular complexity index is 459. The van der Waals surface area contributed by atoms with E-state index in [4.69, 9.17) is 0 Å². The molecule has 1 heterocycles. The molecule has 1 aromatic carbocycles. The number of nitrogens with one attached hydrogen (secondary N) is 1. The van der Waals surface area contributed by atoms with E-state index in [0.29, 0.717) is 10.7 Å². The third-order valence-electron chi connectivity index (χ3n) is 2.38. The average Bonchev–Trinajstić information content (AvgIpc) is 2.77. The van der Waals surface area contributed by atoms with Crippen LogP contribution in [0.4, 0.5) is 0 Å². The van der Waals surface area contributed by atoms with Gasteiger partial charge in [0.05, 0.1) is 5.37 Å². The van der Waals surface area contributed by atoms with E-state index < -0.39 is 0 Å². The van der Waals surface area contributed by atoms with Crippen molar-refractivity contribution in [3.63, 3.8) is 0 Å². The van der Waals surface area contributed by atoms with E-state index in [0.717, 1.165) is 12.0 Å². The van der Waals surface area contributed by atoms with E-state index >= 15 is 0 Å². The molecule has 1 radical (unpaired) electrons. The lowest BCUT2D eigenvalue weighted by Crippen LogP contribution is -2.24. The molecule has 1 aromatic rings. The second-order valence-corrected chi connectivity index (χ2v) is 4.99. The third-order valence-corrected chi connectivity index (χ3v) is 3.50. The summed E-state index contributed by atoms with van der Waals surface area (Å²) in [5, 5.41) is 0.752. The van der Waals surface area contributed by atoms with Crippen LogP contribution in [-0.2, 0) is 0 Å². The Labute approximate surface area is 105 Å². The van der Waals surface area contributed by atoms with Crippen LogP contribution in [-0.4, -0.2) is 16.4 Å². The number of carbonyl (C=O) groups excluding carboxylic acids is 1. The lowest BCUT2D eigenvalue weighted by molar-refractivity contribution is 0.100. The second-order valence-electron chi connectivity index (χ2n) is 3.82. The summed E-state index contributed by atoms with van der Waals surface area (Å²) in [6, 6.07) is 7.41. The Hall–Kier alpha value is -1.33. The van der Waals surface area contributed by atoms with Gasteiger partial charge in [-0.1, -0.05) is 36.4 Å². The van der Waals surface area contributed by atoms with Crippen molar-refractivity contribution in [2.45, 2.75) is 25.6 Å². The molecular formula is C12H14N3OS. The molecule has 0 saturated carbocycles. The zero-order valence-electron chi connectivity index (χ0n) is 9.80. The maximum absolute atomic E-state index is 11.9. The summed E-state index contributed by atoms with van der Waals surface area (Å²) in [6.07, 6.45) is 0.950. The van der Waals surface area contributed by atoms with Crippen LogP contribution in [0.3, 0.4) is 0 Å². The molecule has 1 aliphatic rings. The highest BCUT2D eigenvalue weighted by atomic mass is 32.2. The first-order valence-electron chi connectivity index (χ1n) is 5.51. The van der Waals surface area contributed by atoms with Crippen molar-refractivity contribution in [3.8, 4) is 0 Å². The van der Waals surface area contributed by atoms with Gasteiger partial charge in [0.1, 0.15) is 0 Å². The third kappa shape index (κ3) is 3.08. The van der Waals surface area contributed by atoms with Crippen molar-refractivity contribution in [3.05, 3.63) is 35.4 Å². The van der Waals surface area contributed by atoms with Gasteiger partial charge < -0.3 is 0 Å². The molecule has 1 amide bonds. The minimum atomic E-state index is -0.237. The lowest BCUT2D eigenvalue weighted by Gasteiger charge is -1.98. The number of benzene rings is 1. The Morgan fingerprint density at radius 2 is 2.41 bits per heavy atom. The highest BCUT2D eigenvalue weighted by Gasteiger charge is 2.21. The molecule has 1 aliphatic heterocycles. The molecule has 17 heavy (non-hydrogen) atoms. The van der Waals surface area contributed by atoms with Gasteiger partial charge in [0, 0.05) is 5.56 Å². The largest absolute Gasteiger partial charge is 0.279 e. The van der Waals surface area contributed by atoms with Crippen molar-refractivity contribution < 1.29 is 4.79 Å². The minimum absolute atomic E-state index is 0.235. The van der Waals surface area contributed by atoms with E-state index in [1.165, 1.54) is 11.8 Å². The molecule has 89 valence electrons. The number of carbonyl (C=O) groups is 1. The van der Waals surface area contributed by atoms with Crippen LogP contribution in [0, 0.1) is 6.92 Å². The van der Waals surface area contributed by atoms with Gasteiger partial charge in [-0.05, 0) is 25.5 Å². The smallest absolute Gasteiger partial charge is 0.267 e. The van der Waals surface area contributed by atoms with Gasteiger partial charge in [0.2, 0.25) is 5.17 Å². The molecule has 4 nitrogen and oxygen atoms in total. The number of thioether (sulfide) groups is 1. The summed E-state index contributed by atoms with van der Waals surface area (Å²) >= 11 is 1.49. The average molecular weight is 248 g/mol. The summed E-state index contributed by atoms with van der Waals surface area (Å²) in [5.41, 5.74) is 8.60.